The molecule has 0 aromatic heterocycles. The molecule has 1 rings (SSSR count). The number of halogens is 3. The lowest BCUT2D eigenvalue weighted by molar-refractivity contribution is -0.0489. The minimum Gasteiger partial charge on any atom is -0.743 e. The van der Waals surface area contributed by atoms with Gasteiger partial charge in [0, 0.05) is 0 Å². The summed E-state index contributed by atoms with van der Waals surface area (Å²) in [5.74, 6) is 0. The second-order valence-corrected chi connectivity index (χ2v) is 4.94. The molecule has 0 aliphatic heterocycles. The van der Waals surface area contributed by atoms with E-state index in [9.17, 15) is 26.1 Å². The third-order valence-corrected chi connectivity index (χ3v) is 3.00. The first-order chi connectivity index (χ1) is 8.25. The van der Waals surface area contributed by atoms with Crippen molar-refractivity contribution in [2.24, 2.45) is 0 Å². The summed E-state index contributed by atoms with van der Waals surface area (Å²) in [5, 5.41) is -4.98. The van der Waals surface area contributed by atoms with Gasteiger partial charge in [-0.25, -0.2) is 12.8 Å². The molecule has 0 aliphatic carbocycles. The Labute approximate surface area is 102 Å². The van der Waals surface area contributed by atoms with Crippen LogP contribution in [0.15, 0.2) is 30.3 Å². The van der Waals surface area contributed by atoms with E-state index >= 15 is 0 Å². The maximum atomic E-state index is 12.9. The van der Waals surface area contributed by atoms with Gasteiger partial charge in [-0.05, 0) is 5.56 Å². The molecule has 18 heavy (non-hydrogen) atoms. The summed E-state index contributed by atoms with van der Waals surface area (Å²) in [6.07, 6.45) is -3.19. The molecule has 0 radical (unpaired) electrons. The average Bonchev–Trinajstić information content (AvgIpc) is 2.28. The summed E-state index contributed by atoms with van der Waals surface area (Å²) < 4.78 is 73.3. The van der Waals surface area contributed by atoms with Gasteiger partial charge in [-0.3, -0.25) is 0 Å². The second-order valence-electron chi connectivity index (χ2n) is 3.48. The summed E-state index contributed by atoms with van der Waals surface area (Å²) >= 11 is 0. The van der Waals surface area contributed by atoms with Crippen LogP contribution in [0.1, 0.15) is 5.56 Å². The van der Waals surface area contributed by atoms with E-state index < -0.39 is 28.2 Å². The molecule has 1 aromatic rings. The molecule has 0 N–H and O–H groups in total. The van der Waals surface area contributed by atoms with Crippen LogP contribution in [-0.4, -0.2) is 31.0 Å². The van der Waals surface area contributed by atoms with Crippen LogP contribution < -0.4 is 0 Å². The Balaban J connectivity index is 2.50. The van der Waals surface area contributed by atoms with Crippen LogP contribution >= 0.6 is 0 Å². The molecule has 1 unspecified atom stereocenters. The largest absolute Gasteiger partial charge is 0.743 e. The van der Waals surface area contributed by atoms with E-state index in [1.165, 1.54) is 0 Å². The maximum Gasteiger partial charge on any atom is 0.367 e. The summed E-state index contributed by atoms with van der Waals surface area (Å²) in [6.45, 7) is -1.33. The molecule has 8 heteroatoms. The van der Waals surface area contributed by atoms with Crippen molar-refractivity contribution in [1.29, 1.82) is 0 Å². The number of ether oxygens (including phenoxy) is 1. The zero-order valence-electron chi connectivity index (χ0n) is 9.05. The summed E-state index contributed by atoms with van der Waals surface area (Å²) in [7, 11) is -6.03. The molecular weight excluding hydrogens is 273 g/mol. The van der Waals surface area contributed by atoms with Crippen LogP contribution in [0.25, 0.3) is 0 Å². The van der Waals surface area contributed by atoms with Gasteiger partial charge in [0.05, 0.1) is 13.2 Å². The van der Waals surface area contributed by atoms with Crippen molar-refractivity contribution in [2.75, 3.05) is 6.61 Å². The van der Waals surface area contributed by atoms with E-state index in [4.69, 9.17) is 0 Å². The van der Waals surface area contributed by atoms with Crippen molar-refractivity contribution in [1.82, 2.24) is 0 Å². The minimum atomic E-state index is -6.03. The Kier molecular flexibility index (Phi) is 4.71. The van der Waals surface area contributed by atoms with Crippen LogP contribution in [0.2, 0.25) is 0 Å². The van der Waals surface area contributed by atoms with Gasteiger partial charge < -0.3 is 9.29 Å². The highest BCUT2D eigenvalue weighted by atomic mass is 32.2. The third-order valence-electron chi connectivity index (χ3n) is 2.07. The predicted molar refractivity (Wildman–Crippen MR) is 55.6 cm³/mol. The fraction of sp³-hybridized carbons (Fsp3) is 0.400. The Bertz CT molecular complexity index is 475. The monoisotopic (exact) mass is 283 g/mol. The number of benzene rings is 1. The molecule has 0 amide bonds. The summed E-state index contributed by atoms with van der Waals surface area (Å²) in [5.41, 5.74) is 0.609. The highest BCUT2D eigenvalue weighted by Gasteiger charge is 2.47. The van der Waals surface area contributed by atoms with Crippen molar-refractivity contribution in [3.05, 3.63) is 35.9 Å². The van der Waals surface area contributed by atoms with Crippen molar-refractivity contribution < 1.29 is 30.9 Å². The normalized spacial score (nSPS) is 14.4. The first-order valence-corrected chi connectivity index (χ1v) is 6.25. The quantitative estimate of drug-likeness (QED) is 0.745. The standard InChI is InChI=1S/C10H11F3O4S/c11-9(10(12,13)18(14,15)16)7-17-6-8-4-2-1-3-5-8/h1-5,9H,6-7H2,(H,14,15,16)/p-1. The Morgan fingerprint density at radius 1 is 1.28 bits per heavy atom. The second kappa shape index (κ2) is 5.68. The first kappa shape index (κ1) is 14.9. The fourth-order valence-electron chi connectivity index (χ4n) is 1.11. The topological polar surface area (TPSA) is 66.4 Å². The minimum absolute atomic E-state index is 0.157. The molecule has 0 saturated heterocycles. The fourth-order valence-corrected chi connectivity index (χ4v) is 1.49. The average molecular weight is 283 g/mol. The lowest BCUT2D eigenvalue weighted by atomic mass is 10.2. The molecule has 0 bridgehead atoms. The molecule has 0 spiro atoms. The van der Waals surface area contributed by atoms with Crippen molar-refractivity contribution in [3.63, 3.8) is 0 Å². The Morgan fingerprint density at radius 2 is 1.83 bits per heavy atom. The van der Waals surface area contributed by atoms with E-state index in [1.807, 2.05) is 0 Å². The van der Waals surface area contributed by atoms with E-state index in [-0.39, 0.29) is 6.61 Å². The van der Waals surface area contributed by atoms with E-state index in [0.717, 1.165) is 0 Å². The van der Waals surface area contributed by atoms with Crippen LogP contribution in [0.4, 0.5) is 13.2 Å². The van der Waals surface area contributed by atoms with Gasteiger partial charge in [0.25, 0.3) is 0 Å². The third kappa shape index (κ3) is 3.69. The lowest BCUT2D eigenvalue weighted by Crippen LogP contribution is -2.41. The Hall–Kier alpha value is -1.12. The van der Waals surface area contributed by atoms with Crippen LogP contribution in [0, 0.1) is 0 Å². The number of alkyl halides is 3. The summed E-state index contributed by atoms with van der Waals surface area (Å²) in [6, 6.07) is 8.30. The zero-order valence-corrected chi connectivity index (χ0v) is 9.87. The zero-order chi connectivity index (χ0) is 13.8. The highest BCUT2D eigenvalue weighted by molar-refractivity contribution is 7.86. The van der Waals surface area contributed by atoms with Crippen molar-refractivity contribution >= 4 is 10.1 Å². The van der Waals surface area contributed by atoms with Crippen LogP contribution in [0.5, 0.6) is 0 Å². The molecule has 4 nitrogen and oxygen atoms in total. The molecular formula is C10H10F3O4S-. The van der Waals surface area contributed by atoms with Crippen molar-refractivity contribution in [3.8, 4) is 0 Å². The van der Waals surface area contributed by atoms with Gasteiger partial charge in [0.15, 0.2) is 10.1 Å². The van der Waals surface area contributed by atoms with E-state index in [0.29, 0.717) is 5.56 Å². The molecule has 1 atom stereocenters. The van der Waals surface area contributed by atoms with Gasteiger partial charge >= 0.3 is 5.25 Å². The number of hydrogen-bond donors (Lipinski definition) is 0. The first-order valence-electron chi connectivity index (χ1n) is 4.84. The molecule has 1 aromatic carbocycles. The Morgan fingerprint density at radius 3 is 2.33 bits per heavy atom. The maximum absolute atomic E-state index is 12.9. The smallest absolute Gasteiger partial charge is 0.367 e. The molecule has 102 valence electrons. The van der Waals surface area contributed by atoms with Gasteiger partial charge in [-0.15, -0.1) is 0 Å². The number of rotatable bonds is 6. The van der Waals surface area contributed by atoms with E-state index in [2.05, 4.69) is 4.74 Å². The predicted octanol–water partition coefficient (Wildman–Crippen LogP) is 1.68. The highest BCUT2D eigenvalue weighted by Crippen LogP contribution is 2.27. The lowest BCUT2D eigenvalue weighted by Gasteiger charge is -2.23. The van der Waals surface area contributed by atoms with E-state index in [1.54, 1.807) is 30.3 Å². The summed E-state index contributed by atoms with van der Waals surface area (Å²) in [4.78, 5) is 0. The van der Waals surface area contributed by atoms with Gasteiger partial charge in [0.2, 0.25) is 6.17 Å². The molecule has 0 heterocycles. The molecule has 0 saturated carbocycles. The van der Waals surface area contributed by atoms with Crippen LogP contribution in [-0.2, 0) is 21.5 Å². The van der Waals surface area contributed by atoms with Gasteiger partial charge in [0.1, 0.15) is 0 Å². The molecule has 0 fully saturated rings. The van der Waals surface area contributed by atoms with Crippen molar-refractivity contribution in [2.45, 2.75) is 18.0 Å². The van der Waals surface area contributed by atoms with Gasteiger partial charge in [-0.2, -0.15) is 8.78 Å². The van der Waals surface area contributed by atoms with Gasteiger partial charge in [-0.1, -0.05) is 30.3 Å². The SMILES string of the molecule is O=S(=O)([O-])C(F)(F)C(F)COCc1ccccc1. The van der Waals surface area contributed by atoms with Crippen LogP contribution in [0.3, 0.4) is 0 Å². The molecule has 0 aliphatic rings. The number of hydrogen-bond acceptors (Lipinski definition) is 4.